The minimum atomic E-state index is 0.204. The lowest BCUT2D eigenvalue weighted by Gasteiger charge is -2.12. The number of ether oxygens (including phenoxy) is 2. The molecular formula is C24H23N3O3. The van der Waals surface area contributed by atoms with Crippen molar-refractivity contribution >= 4 is 16.9 Å². The van der Waals surface area contributed by atoms with E-state index in [0.717, 1.165) is 58.9 Å². The highest BCUT2D eigenvalue weighted by molar-refractivity contribution is 6.06. The van der Waals surface area contributed by atoms with Crippen molar-refractivity contribution in [2.45, 2.75) is 18.9 Å². The van der Waals surface area contributed by atoms with Crippen LogP contribution in [0.2, 0.25) is 0 Å². The van der Waals surface area contributed by atoms with Gasteiger partial charge in [-0.1, -0.05) is 42.5 Å². The lowest BCUT2D eigenvalue weighted by atomic mass is 9.99. The van der Waals surface area contributed by atoms with E-state index in [1.807, 2.05) is 48.5 Å². The molecule has 0 aliphatic carbocycles. The third-order valence-electron chi connectivity index (χ3n) is 5.40. The maximum absolute atomic E-state index is 6.26. The van der Waals surface area contributed by atoms with E-state index in [9.17, 15) is 0 Å². The summed E-state index contributed by atoms with van der Waals surface area (Å²) in [5, 5.41) is 4.33. The summed E-state index contributed by atoms with van der Waals surface area (Å²) in [6.07, 6.45) is 3.90. The lowest BCUT2D eigenvalue weighted by molar-refractivity contribution is 0.120. The number of fused-ring (bicyclic) bond motifs is 1. The maximum Gasteiger partial charge on any atom is 0.232 e. The highest BCUT2D eigenvalue weighted by Gasteiger charge is 2.23. The number of hydrogen-bond donors (Lipinski definition) is 1. The Labute approximate surface area is 174 Å². The van der Waals surface area contributed by atoms with Crippen molar-refractivity contribution in [3.05, 3.63) is 60.9 Å². The van der Waals surface area contributed by atoms with E-state index in [2.05, 4.69) is 21.4 Å². The fourth-order valence-electron chi connectivity index (χ4n) is 3.93. The Morgan fingerprint density at radius 3 is 2.73 bits per heavy atom. The van der Waals surface area contributed by atoms with E-state index in [1.54, 1.807) is 7.11 Å². The topological polar surface area (TPSA) is 69.4 Å². The van der Waals surface area contributed by atoms with Crippen LogP contribution in [0.25, 0.3) is 33.6 Å². The maximum atomic E-state index is 6.26. The molecule has 2 aromatic heterocycles. The summed E-state index contributed by atoms with van der Waals surface area (Å²) in [7, 11) is 1.67. The van der Waals surface area contributed by atoms with Gasteiger partial charge < -0.3 is 19.2 Å². The van der Waals surface area contributed by atoms with Crippen molar-refractivity contribution < 1.29 is 13.9 Å². The first-order chi connectivity index (χ1) is 14.8. The van der Waals surface area contributed by atoms with Gasteiger partial charge in [0.1, 0.15) is 23.7 Å². The zero-order valence-electron chi connectivity index (χ0n) is 16.8. The van der Waals surface area contributed by atoms with Gasteiger partial charge in [-0.05, 0) is 30.5 Å². The molecule has 0 radical (unpaired) electrons. The van der Waals surface area contributed by atoms with Crippen LogP contribution >= 0.6 is 0 Å². The van der Waals surface area contributed by atoms with Gasteiger partial charge in [-0.15, -0.1) is 0 Å². The van der Waals surface area contributed by atoms with Gasteiger partial charge in [0, 0.05) is 24.3 Å². The molecule has 3 heterocycles. The SMILES string of the molecule is COc1cccc(-c2c(-c3ccccc3)oc3ncnc(NCC4CCCO4)c23)c1. The van der Waals surface area contributed by atoms with E-state index < -0.39 is 0 Å². The van der Waals surface area contributed by atoms with Crippen molar-refractivity contribution in [3.8, 4) is 28.2 Å². The molecule has 6 nitrogen and oxygen atoms in total. The van der Waals surface area contributed by atoms with Crippen molar-refractivity contribution in [1.29, 1.82) is 0 Å². The molecule has 1 N–H and O–H groups in total. The van der Waals surface area contributed by atoms with E-state index in [4.69, 9.17) is 13.9 Å². The van der Waals surface area contributed by atoms with Crippen molar-refractivity contribution in [3.63, 3.8) is 0 Å². The van der Waals surface area contributed by atoms with Gasteiger partial charge >= 0.3 is 0 Å². The minimum Gasteiger partial charge on any atom is -0.497 e. The molecule has 1 aliphatic heterocycles. The number of benzene rings is 2. The van der Waals surface area contributed by atoms with Crippen molar-refractivity contribution in [1.82, 2.24) is 9.97 Å². The average molecular weight is 401 g/mol. The lowest BCUT2D eigenvalue weighted by Crippen LogP contribution is -2.19. The predicted molar refractivity (Wildman–Crippen MR) is 117 cm³/mol. The zero-order chi connectivity index (χ0) is 20.3. The summed E-state index contributed by atoms with van der Waals surface area (Å²) in [5.74, 6) is 2.30. The van der Waals surface area contributed by atoms with Gasteiger partial charge in [0.2, 0.25) is 5.71 Å². The second-order valence-electron chi connectivity index (χ2n) is 7.32. The number of hydrogen-bond acceptors (Lipinski definition) is 6. The van der Waals surface area contributed by atoms with Crippen LogP contribution in [-0.2, 0) is 4.74 Å². The molecule has 1 saturated heterocycles. The van der Waals surface area contributed by atoms with Crippen molar-refractivity contribution in [2.75, 3.05) is 25.6 Å². The second kappa shape index (κ2) is 8.16. The standard InChI is InChI=1S/C24H23N3O3/c1-28-18-10-5-9-17(13-18)20-21-23(25-14-19-11-6-12-29-19)26-15-27-24(21)30-22(20)16-7-3-2-4-8-16/h2-5,7-10,13,15,19H,6,11-12,14H2,1H3,(H,25,26,27). The number of methoxy groups -OCH3 is 1. The molecule has 0 amide bonds. The summed E-state index contributed by atoms with van der Waals surface area (Å²) in [6, 6.07) is 18.0. The zero-order valence-corrected chi connectivity index (χ0v) is 16.8. The Kier molecular flexibility index (Phi) is 5.07. The fourth-order valence-corrected chi connectivity index (χ4v) is 3.93. The third kappa shape index (κ3) is 3.50. The summed E-state index contributed by atoms with van der Waals surface area (Å²) >= 11 is 0. The molecule has 0 spiro atoms. The Balaban J connectivity index is 1.68. The van der Waals surface area contributed by atoms with Crippen LogP contribution in [0, 0.1) is 0 Å². The van der Waals surface area contributed by atoms with Gasteiger partial charge in [0.25, 0.3) is 0 Å². The number of furan rings is 1. The van der Waals surface area contributed by atoms with Gasteiger partial charge in [0.05, 0.1) is 18.6 Å². The monoisotopic (exact) mass is 401 g/mol. The molecule has 1 aliphatic rings. The van der Waals surface area contributed by atoms with E-state index in [1.165, 1.54) is 6.33 Å². The first kappa shape index (κ1) is 18.6. The van der Waals surface area contributed by atoms with Crippen LogP contribution in [0.1, 0.15) is 12.8 Å². The average Bonchev–Trinajstić information content (AvgIpc) is 3.46. The summed E-state index contributed by atoms with van der Waals surface area (Å²) in [5.41, 5.74) is 3.47. The largest absolute Gasteiger partial charge is 0.497 e. The van der Waals surface area contributed by atoms with Crippen LogP contribution in [0.4, 0.5) is 5.82 Å². The molecule has 1 fully saturated rings. The molecule has 4 aromatic rings. The predicted octanol–water partition coefficient (Wildman–Crippen LogP) is 5.16. The minimum absolute atomic E-state index is 0.204. The van der Waals surface area contributed by atoms with E-state index in [0.29, 0.717) is 12.3 Å². The first-order valence-corrected chi connectivity index (χ1v) is 10.2. The third-order valence-corrected chi connectivity index (χ3v) is 5.40. The van der Waals surface area contributed by atoms with Crippen LogP contribution in [0.5, 0.6) is 5.75 Å². The molecule has 0 saturated carbocycles. The van der Waals surface area contributed by atoms with E-state index in [-0.39, 0.29) is 6.10 Å². The molecule has 6 heteroatoms. The highest BCUT2D eigenvalue weighted by Crippen LogP contribution is 2.43. The fraction of sp³-hybridized carbons (Fsp3) is 0.250. The molecule has 1 unspecified atom stereocenters. The Bertz CT molecular complexity index is 1150. The molecular weight excluding hydrogens is 378 g/mol. The summed E-state index contributed by atoms with van der Waals surface area (Å²) < 4.78 is 17.5. The number of aromatic nitrogens is 2. The van der Waals surface area contributed by atoms with Gasteiger partial charge in [-0.25, -0.2) is 9.97 Å². The Morgan fingerprint density at radius 1 is 1.07 bits per heavy atom. The number of nitrogens with zero attached hydrogens (tertiary/aromatic N) is 2. The second-order valence-corrected chi connectivity index (χ2v) is 7.32. The first-order valence-electron chi connectivity index (χ1n) is 10.2. The number of anilines is 1. The summed E-state index contributed by atoms with van der Waals surface area (Å²) in [4.78, 5) is 8.95. The van der Waals surface area contributed by atoms with Crippen LogP contribution in [0.3, 0.4) is 0 Å². The molecule has 0 bridgehead atoms. The molecule has 152 valence electrons. The number of rotatable bonds is 6. The summed E-state index contributed by atoms with van der Waals surface area (Å²) in [6.45, 7) is 1.53. The van der Waals surface area contributed by atoms with E-state index >= 15 is 0 Å². The normalized spacial score (nSPS) is 16.1. The van der Waals surface area contributed by atoms with Crippen LogP contribution in [0.15, 0.2) is 65.3 Å². The molecule has 5 rings (SSSR count). The smallest absolute Gasteiger partial charge is 0.232 e. The van der Waals surface area contributed by atoms with Crippen LogP contribution in [-0.4, -0.2) is 36.3 Å². The van der Waals surface area contributed by atoms with Crippen molar-refractivity contribution in [2.24, 2.45) is 0 Å². The van der Waals surface area contributed by atoms with Gasteiger partial charge in [-0.3, -0.25) is 0 Å². The molecule has 30 heavy (non-hydrogen) atoms. The van der Waals surface area contributed by atoms with Crippen LogP contribution < -0.4 is 10.1 Å². The van der Waals surface area contributed by atoms with Gasteiger partial charge in [-0.2, -0.15) is 0 Å². The molecule has 1 atom stereocenters. The highest BCUT2D eigenvalue weighted by atomic mass is 16.5. The number of nitrogens with one attached hydrogen (secondary N) is 1. The Hall–Kier alpha value is -3.38. The Morgan fingerprint density at radius 2 is 1.93 bits per heavy atom. The molecule has 2 aromatic carbocycles. The quantitative estimate of drug-likeness (QED) is 0.481. The van der Waals surface area contributed by atoms with Gasteiger partial charge in [0.15, 0.2) is 0 Å².